The molecule has 0 N–H and O–H groups in total. The zero-order valence-corrected chi connectivity index (χ0v) is 9.66. The van der Waals surface area contributed by atoms with E-state index in [1.165, 1.54) is 6.42 Å². The quantitative estimate of drug-likeness (QED) is 0.585. The molecule has 3 atom stereocenters. The van der Waals surface area contributed by atoms with Gasteiger partial charge in [0.15, 0.2) is 0 Å². The first kappa shape index (κ1) is 10.6. The standard InChI is InChI=1S/C13H16N2O2/c16-13-10(3-1-6-17-13)7-11-8-12(11)9-15-5-2-4-14-15/h1-5,10-12H,6-9H2. The number of hydrogen-bond donors (Lipinski definition) is 0. The minimum Gasteiger partial charge on any atom is -0.461 e. The van der Waals surface area contributed by atoms with Crippen LogP contribution in [0.5, 0.6) is 0 Å². The second kappa shape index (κ2) is 4.35. The smallest absolute Gasteiger partial charge is 0.313 e. The number of hydrogen-bond acceptors (Lipinski definition) is 3. The van der Waals surface area contributed by atoms with E-state index in [0.717, 1.165) is 13.0 Å². The Kier molecular flexibility index (Phi) is 2.71. The van der Waals surface area contributed by atoms with Gasteiger partial charge in [-0.2, -0.15) is 5.10 Å². The molecule has 0 radical (unpaired) electrons. The lowest BCUT2D eigenvalue weighted by atomic mass is 9.99. The number of ether oxygens (including phenoxy) is 1. The Morgan fingerprint density at radius 1 is 1.47 bits per heavy atom. The average molecular weight is 232 g/mol. The number of carbonyl (C=O) groups is 1. The van der Waals surface area contributed by atoms with E-state index in [0.29, 0.717) is 18.4 Å². The largest absolute Gasteiger partial charge is 0.461 e. The molecule has 1 aliphatic carbocycles. The van der Waals surface area contributed by atoms with Crippen molar-refractivity contribution < 1.29 is 9.53 Å². The average Bonchev–Trinajstić information content (AvgIpc) is 2.84. The highest BCUT2D eigenvalue weighted by atomic mass is 16.5. The van der Waals surface area contributed by atoms with Gasteiger partial charge in [-0.1, -0.05) is 12.2 Å². The first-order valence-electron chi connectivity index (χ1n) is 6.13. The van der Waals surface area contributed by atoms with E-state index in [1.54, 1.807) is 6.20 Å². The van der Waals surface area contributed by atoms with Crippen LogP contribution in [0.4, 0.5) is 0 Å². The van der Waals surface area contributed by atoms with Gasteiger partial charge in [0, 0.05) is 18.9 Å². The van der Waals surface area contributed by atoms with Crippen LogP contribution in [0.3, 0.4) is 0 Å². The Morgan fingerprint density at radius 3 is 3.18 bits per heavy atom. The molecule has 2 heterocycles. The van der Waals surface area contributed by atoms with Crippen molar-refractivity contribution in [2.45, 2.75) is 19.4 Å². The molecular weight excluding hydrogens is 216 g/mol. The van der Waals surface area contributed by atoms with E-state index >= 15 is 0 Å². The molecule has 1 fully saturated rings. The second-order valence-electron chi connectivity index (χ2n) is 4.88. The molecule has 4 nitrogen and oxygen atoms in total. The van der Waals surface area contributed by atoms with E-state index in [1.807, 2.05) is 29.1 Å². The van der Waals surface area contributed by atoms with E-state index < -0.39 is 0 Å². The number of carbonyl (C=O) groups excluding carboxylic acids is 1. The summed E-state index contributed by atoms with van der Waals surface area (Å²) in [5, 5.41) is 4.20. The fourth-order valence-corrected chi connectivity index (χ4v) is 2.51. The zero-order chi connectivity index (χ0) is 11.7. The van der Waals surface area contributed by atoms with Crippen molar-refractivity contribution >= 4 is 5.97 Å². The Bertz CT molecular complexity index is 425. The molecule has 4 heteroatoms. The molecule has 0 bridgehead atoms. The minimum atomic E-state index is -0.0581. The van der Waals surface area contributed by atoms with Gasteiger partial charge >= 0.3 is 5.97 Å². The summed E-state index contributed by atoms with van der Waals surface area (Å²) in [6, 6.07) is 1.94. The molecule has 0 spiro atoms. The highest BCUT2D eigenvalue weighted by Crippen LogP contribution is 2.44. The molecule has 0 aromatic carbocycles. The molecule has 1 aliphatic heterocycles. The maximum atomic E-state index is 11.5. The Morgan fingerprint density at radius 2 is 2.41 bits per heavy atom. The van der Waals surface area contributed by atoms with Crippen molar-refractivity contribution in [1.29, 1.82) is 0 Å². The van der Waals surface area contributed by atoms with Crippen molar-refractivity contribution in [3.05, 3.63) is 30.6 Å². The van der Waals surface area contributed by atoms with Crippen molar-refractivity contribution in [2.24, 2.45) is 17.8 Å². The minimum absolute atomic E-state index is 0.0172. The lowest BCUT2D eigenvalue weighted by molar-refractivity contribution is -0.146. The first-order valence-corrected chi connectivity index (χ1v) is 6.13. The van der Waals surface area contributed by atoms with Gasteiger partial charge in [0.1, 0.15) is 6.61 Å². The molecule has 17 heavy (non-hydrogen) atoms. The summed E-state index contributed by atoms with van der Waals surface area (Å²) >= 11 is 0. The summed E-state index contributed by atoms with van der Waals surface area (Å²) < 4.78 is 6.99. The van der Waals surface area contributed by atoms with Crippen molar-refractivity contribution in [2.75, 3.05) is 6.61 Å². The Balaban J connectivity index is 1.50. The van der Waals surface area contributed by atoms with Gasteiger partial charge in [-0.05, 0) is 30.7 Å². The van der Waals surface area contributed by atoms with Gasteiger partial charge in [0.05, 0.1) is 5.92 Å². The number of nitrogens with zero attached hydrogens (tertiary/aromatic N) is 2. The number of rotatable bonds is 4. The third kappa shape index (κ3) is 2.40. The number of esters is 1. The maximum absolute atomic E-state index is 11.5. The van der Waals surface area contributed by atoms with Crippen LogP contribution < -0.4 is 0 Å². The highest BCUT2D eigenvalue weighted by molar-refractivity contribution is 5.75. The third-order valence-electron chi connectivity index (χ3n) is 3.60. The predicted octanol–water partition coefficient (Wildman–Crippen LogP) is 1.64. The molecule has 0 amide bonds. The van der Waals surface area contributed by atoms with Crippen LogP contribution in [0.1, 0.15) is 12.8 Å². The Hall–Kier alpha value is -1.58. The lowest BCUT2D eigenvalue weighted by Gasteiger charge is -2.15. The maximum Gasteiger partial charge on any atom is 0.313 e. The Labute approximate surface area is 100 Å². The van der Waals surface area contributed by atoms with Gasteiger partial charge in [-0.3, -0.25) is 9.48 Å². The highest BCUT2D eigenvalue weighted by Gasteiger charge is 2.40. The molecule has 2 aliphatic rings. The first-order chi connectivity index (χ1) is 8.33. The van der Waals surface area contributed by atoms with Gasteiger partial charge in [-0.15, -0.1) is 0 Å². The van der Waals surface area contributed by atoms with Crippen LogP contribution in [0.15, 0.2) is 30.6 Å². The van der Waals surface area contributed by atoms with Gasteiger partial charge in [0.2, 0.25) is 0 Å². The molecule has 3 rings (SSSR count). The van der Waals surface area contributed by atoms with Crippen molar-refractivity contribution in [3.8, 4) is 0 Å². The normalized spacial score (nSPS) is 31.3. The molecule has 3 unspecified atom stereocenters. The van der Waals surface area contributed by atoms with Crippen molar-refractivity contribution in [1.82, 2.24) is 9.78 Å². The van der Waals surface area contributed by atoms with Gasteiger partial charge in [-0.25, -0.2) is 0 Å². The van der Waals surface area contributed by atoms with Gasteiger partial charge < -0.3 is 4.74 Å². The molecular formula is C13H16N2O2. The summed E-state index contributed by atoms with van der Waals surface area (Å²) in [5.74, 6) is 1.26. The van der Waals surface area contributed by atoms with E-state index in [-0.39, 0.29) is 11.9 Å². The van der Waals surface area contributed by atoms with Crippen molar-refractivity contribution in [3.63, 3.8) is 0 Å². The second-order valence-corrected chi connectivity index (χ2v) is 4.88. The lowest BCUT2D eigenvalue weighted by Crippen LogP contribution is -2.20. The third-order valence-corrected chi connectivity index (χ3v) is 3.60. The molecule has 0 saturated heterocycles. The monoisotopic (exact) mass is 232 g/mol. The van der Waals surface area contributed by atoms with Crippen LogP contribution >= 0.6 is 0 Å². The summed E-state index contributed by atoms with van der Waals surface area (Å²) in [6.07, 6.45) is 9.87. The number of aromatic nitrogens is 2. The van der Waals surface area contributed by atoms with Gasteiger partial charge in [0.25, 0.3) is 0 Å². The summed E-state index contributed by atoms with van der Waals surface area (Å²) in [5.41, 5.74) is 0. The van der Waals surface area contributed by atoms with E-state index in [4.69, 9.17) is 4.74 Å². The van der Waals surface area contributed by atoms with Crippen LogP contribution in [0.25, 0.3) is 0 Å². The van der Waals surface area contributed by atoms with Crippen LogP contribution in [0, 0.1) is 17.8 Å². The molecule has 1 aromatic rings. The fraction of sp³-hybridized carbons (Fsp3) is 0.538. The van der Waals surface area contributed by atoms with Crippen LogP contribution in [0.2, 0.25) is 0 Å². The molecule has 90 valence electrons. The zero-order valence-electron chi connectivity index (χ0n) is 9.66. The topological polar surface area (TPSA) is 44.1 Å². The van der Waals surface area contributed by atoms with Crippen LogP contribution in [-0.2, 0) is 16.1 Å². The summed E-state index contributed by atoms with van der Waals surface area (Å²) in [7, 11) is 0. The predicted molar refractivity (Wildman–Crippen MR) is 62.0 cm³/mol. The van der Waals surface area contributed by atoms with Crippen LogP contribution in [-0.4, -0.2) is 22.4 Å². The fourth-order valence-electron chi connectivity index (χ4n) is 2.51. The summed E-state index contributed by atoms with van der Waals surface area (Å²) in [6.45, 7) is 1.42. The van der Waals surface area contributed by atoms with E-state index in [9.17, 15) is 4.79 Å². The molecule has 1 saturated carbocycles. The summed E-state index contributed by atoms with van der Waals surface area (Å²) in [4.78, 5) is 11.5. The van der Waals surface area contributed by atoms with E-state index in [2.05, 4.69) is 5.10 Å². The SMILES string of the molecule is O=C1OCC=CC1CC1CC1Cn1cccn1. The molecule has 1 aromatic heterocycles. The number of cyclic esters (lactones) is 1.